The number of nitrogens with zero attached hydrogens (tertiary/aromatic N) is 3. The lowest BCUT2D eigenvalue weighted by Gasteiger charge is -2.06. The minimum Gasteiger partial charge on any atom is -0.497 e. The zero-order valence-corrected chi connectivity index (χ0v) is 15.6. The number of hydrogen-bond donors (Lipinski definition) is 0. The summed E-state index contributed by atoms with van der Waals surface area (Å²) >= 11 is 7.60. The van der Waals surface area contributed by atoms with Crippen LogP contribution in [-0.4, -0.2) is 17.3 Å². The molecule has 0 radical (unpaired) electrons. The first kappa shape index (κ1) is 16.8. The summed E-state index contributed by atoms with van der Waals surface area (Å²) in [6.45, 7) is 1.90. The van der Waals surface area contributed by atoms with Gasteiger partial charge < -0.3 is 9.15 Å². The van der Waals surface area contributed by atoms with E-state index in [-0.39, 0.29) is 0 Å². The summed E-state index contributed by atoms with van der Waals surface area (Å²) in [4.78, 5) is 4.65. The van der Waals surface area contributed by atoms with E-state index < -0.39 is 0 Å². The van der Waals surface area contributed by atoms with Gasteiger partial charge in [0.15, 0.2) is 0 Å². The largest absolute Gasteiger partial charge is 0.497 e. The number of hydrogen-bond acceptors (Lipinski definition) is 6. The Balaban J connectivity index is 1.95. The molecule has 4 rings (SSSR count). The summed E-state index contributed by atoms with van der Waals surface area (Å²) in [5.41, 5.74) is 1.62. The van der Waals surface area contributed by atoms with Crippen molar-refractivity contribution in [1.29, 1.82) is 0 Å². The molecule has 0 aliphatic heterocycles. The third-order valence-corrected chi connectivity index (χ3v) is 4.78. The molecule has 5 nitrogen and oxygen atoms in total. The second kappa shape index (κ2) is 6.90. The summed E-state index contributed by atoms with van der Waals surface area (Å²) < 4.78 is 11.3. The summed E-state index contributed by atoms with van der Waals surface area (Å²) in [5, 5.41) is 11.7. The van der Waals surface area contributed by atoms with Crippen molar-refractivity contribution in [2.45, 2.75) is 6.92 Å². The highest BCUT2D eigenvalue weighted by atomic mass is 35.5. The second-order valence-corrected chi connectivity index (χ2v) is 7.18. The topological polar surface area (TPSA) is 60.5 Å². The number of fused-ring (bicyclic) bond motifs is 1. The van der Waals surface area contributed by atoms with Crippen molar-refractivity contribution >= 4 is 39.0 Å². The van der Waals surface area contributed by atoms with Gasteiger partial charge in [-0.15, -0.1) is 10.2 Å². The quantitative estimate of drug-likeness (QED) is 0.490. The Morgan fingerprint density at radius 1 is 1.08 bits per heavy atom. The van der Waals surface area contributed by atoms with E-state index in [1.165, 1.54) is 11.3 Å². The van der Waals surface area contributed by atoms with Gasteiger partial charge in [0.1, 0.15) is 22.1 Å². The van der Waals surface area contributed by atoms with Crippen LogP contribution >= 0.6 is 22.9 Å². The lowest BCUT2D eigenvalue weighted by molar-refractivity contribution is 0.415. The van der Waals surface area contributed by atoms with Crippen LogP contribution in [0.2, 0.25) is 5.02 Å². The van der Waals surface area contributed by atoms with Crippen LogP contribution in [0.5, 0.6) is 5.75 Å². The van der Waals surface area contributed by atoms with Gasteiger partial charge in [-0.05, 0) is 49.4 Å². The summed E-state index contributed by atoms with van der Waals surface area (Å²) in [6, 6.07) is 15.0. The number of aromatic nitrogens is 2. The molecule has 0 atom stereocenters. The summed E-state index contributed by atoms with van der Waals surface area (Å²) in [7, 11) is 1.64. The van der Waals surface area contributed by atoms with Crippen LogP contribution in [-0.2, 0) is 0 Å². The van der Waals surface area contributed by atoms with Gasteiger partial charge in [-0.25, -0.2) is 4.99 Å². The maximum Gasteiger partial charge on any atom is 0.232 e. The molecule has 0 amide bonds. The van der Waals surface area contributed by atoms with E-state index in [4.69, 9.17) is 20.8 Å². The molecule has 0 spiro atoms. The molecule has 0 unspecified atom stereocenters. The molecule has 0 N–H and O–H groups in total. The predicted molar refractivity (Wildman–Crippen MR) is 103 cm³/mol. The fourth-order valence-corrected chi connectivity index (χ4v) is 3.31. The molecule has 2 heterocycles. The average Bonchev–Trinajstić information content (AvgIpc) is 3.07. The molecule has 7 heteroatoms. The van der Waals surface area contributed by atoms with Crippen LogP contribution in [0.1, 0.15) is 5.01 Å². The molecule has 4 aromatic rings. The normalized spacial score (nSPS) is 11.9. The van der Waals surface area contributed by atoms with Gasteiger partial charge in [0.25, 0.3) is 0 Å². The Bertz CT molecular complexity index is 1150. The predicted octanol–water partition coefficient (Wildman–Crippen LogP) is 5.15. The van der Waals surface area contributed by atoms with Crippen molar-refractivity contribution in [2.24, 2.45) is 4.99 Å². The molecule has 2 aromatic carbocycles. The minimum atomic E-state index is 0.593. The van der Waals surface area contributed by atoms with Crippen LogP contribution in [0.3, 0.4) is 0 Å². The van der Waals surface area contributed by atoms with Crippen molar-refractivity contribution in [3.8, 4) is 17.1 Å². The van der Waals surface area contributed by atoms with Gasteiger partial charge >= 0.3 is 0 Å². The van der Waals surface area contributed by atoms with Crippen LogP contribution in [0.15, 0.2) is 57.9 Å². The molecule has 130 valence electrons. The highest BCUT2D eigenvalue weighted by molar-refractivity contribution is 7.14. The van der Waals surface area contributed by atoms with Crippen LogP contribution < -0.4 is 10.1 Å². The van der Waals surface area contributed by atoms with Gasteiger partial charge in [0.05, 0.1) is 12.5 Å². The zero-order chi connectivity index (χ0) is 18.1. The van der Waals surface area contributed by atoms with Crippen LogP contribution in [0.25, 0.3) is 22.3 Å². The molecule has 0 saturated carbocycles. The van der Waals surface area contributed by atoms with Crippen molar-refractivity contribution in [2.75, 3.05) is 7.11 Å². The highest BCUT2D eigenvalue weighted by Crippen LogP contribution is 2.26. The van der Waals surface area contributed by atoms with Crippen LogP contribution in [0, 0.1) is 6.92 Å². The Morgan fingerprint density at radius 3 is 2.58 bits per heavy atom. The number of halogens is 1. The first-order valence-corrected chi connectivity index (χ1v) is 9.04. The van der Waals surface area contributed by atoms with Crippen molar-refractivity contribution < 1.29 is 9.15 Å². The molecule has 2 aromatic heterocycles. The van der Waals surface area contributed by atoms with Gasteiger partial charge in [0.2, 0.25) is 5.13 Å². The molecule has 0 bridgehead atoms. The van der Waals surface area contributed by atoms with E-state index in [0.29, 0.717) is 21.5 Å². The fourth-order valence-electron chi connectivity index (χ4n) is 2.57. The smallest absolute Gasteiger partial charge is 0.232 e. The maximum absolute atomic E-state index is 6.17. The van der Waals surface area contributed by atoms with E-state index in [0.717, 1.165) is 27.1 Å². The molecular formula is C19H14ClN3O2S. The van der Waals surface area contributed by atoms with Gasteiger partial charge in [-0.2, -0.15) is 0 Å². The first-order chi connectivity index (χ1) is 12.6. The van der Waals surface area contributed by atoms with E-state index >= 15 is 0 Å². The van der Waals surface area contributed by atoms with Crippen molar-refractivity contribution in [3.63, 3.8) is 0 Å². The number of rotatable bonds is 3. The van der Waals surface area contributed by atoms with Crippen molar-refractivity contribution in [1.82, 2.24) is 10.2 Å². The van der Waals surface area contributed by atoms with Gasteiger partial charge in [0, 0.05) is 22.0 Å². The lowest BCUT2D eigenvalue weighted by Crippen LogP contribution is -2.03. The standard InChI is InChI=1S/C19H14ClN3O2S/c1-11-22-23-19(26-11)21-16-10-18(12-3-6-14(24-2)7-4-12)25-17-8-5-13(20)9-15(16)17/h3-10H,1-2H3/b21-16+. The Labute approximate surface area is 158 Å². The third-order valence-electron chi connectivity index (χ3n) is 3.81. The second-order valence-electron chi connectivity index (χ2n) is 5.58. The average molecular weight is 384 g/mol. The Hall–Kier alpha value is -2.70. The minimum absolute atomic E-state index is 0.593. The van der Waals surface area contributed by atoms with E-state index in [1.54, 1.807) is 13.2 Å². The fraction of sp³-hybridized carbons (Fsp3) is 0.105. The molecule has 0 saturated heterocycles. The third kappa shape index (κ3) is 3.34. The summed E-state index contributed by atoms with van der Waals surface area (Å²) in [5.74, 6) is 1.48. The van der Waals surface area contributed by atoms with Crippen LogP contribution in [0.4, 0.5) is 5.13 Å². The maximum atomic E-state index is 6.17. The Morgan fingerprint density at radius 2 is 1.88 bits per heavy atom. The number of methoxy groups -OCH3 is 1. The first-order valence-electron chi connectivity index (χ1n) is 7.85. The molecule has 0 aliphatic carbocycles. The highest BCUT2D eigenvalue weighted by Gasteiger charge is 2.08. The molecule has 26 heavy (non-hydrogen) atoms. The van der Waals surface area contributed by atoms with E-state index in [1.807, 2.05) is 49.4 Å². The molecular weight excluding hydrogens is 370 g/mol. The SMILES string of the molecule is COc1ccc(-c2c/c(=N\c3nnc(C)s3)c3cc(Cl)ccc3o2)cc1. The number of ether oxygens (including phenoxy) is 1. The van der Waals surface area contributed by atoms with Gasteiger partial charge in [-0.1, -0.05) is 22.9 Å². The van der Waals surface area contributed by atoms with E-state index in [9.17, 15) is 0 Å². The zero-order valence-electron chi connectivity index (χ0n) is 14.1. The lowest BCUT2D eigenvalue weighted by atomic mass is 10.1. The Kier molecular flexibility index (Phi) is 4.44. The number of benzene rings is 2. The summed E-state index contributed by atoms with van der Waals surface area (Å²) in [6.07, 6.45) is 0. The molecule has 0 fully saturated rings. The van der Waals surface area contributed by atoms with E-state index in [2.05, 4.69) is 15.2 Å². The molecule has 0 aliphatic rings. The number of aryl methyl sites for hydroxylation is 1. The van der Waals surface area contributed by atoms with Gasteiger partial charge in [-0.3, -0.25) is 0 Å². The van der Waals surface area contributed by atoms with Crippen molar-refractivity contribution in [3.05, 3.63) is 63.9 Å². The monoisotopic (exact) mass is 383 g/mol.